The summed E-state index contributed by atoms with van der Waals surface area (Å²) in [6, 6.07) is 7.97. The van der Waals surface area contributed by atoms with Gasteiger partial charge in [-0.15, -0.1) is 0 Å². The second kappa shape index (κ2) is 16.4. The van der Waals surface area contributed by atoms with Gasteiger partial charge in [0, 0.05) is 36.2 Å². The minimum absolute atomic E-state index is 0.0755. The number of benzene rings is 1. The number of anilines is 1. The zero-order valence-corrected chi connectivity index (χ0v) is 23.4. The van der Waals surface area contributed by atoms with Crippen LogP contribution < -0.4 is 21.7 Å². The number of piperidine rings is 1. The van der Waals surface area contributed by atoms with Crippen LogP contribution in [0.4, 0.5) is 5.69 Å². The van der Waals surface area contributed by atoms with Gasteiger partial charge in [0.25, 0.3) is 0 Å². The fourth-order valence-electron chi connectivity index (χ4n) is 4.81. The molecule has 5 N–H and O–H groups in total. The van der Waals surface area contributed by atoms with Gasteiger partial charge < -0.3 is 21.7 Å². The number of likely N-dealkylation sites (tertiary alicyclic amines) is 1. The van der Waals surface area contributed by atoms with Crippen molar-refractivity contribution in [3.05, 3.63) is 89.3 Å². The number of amides is 2. The van der Waals surface area contributed by atoms with Gasteiger partial charge in [0.05, 0.1) is 6.42 Å². The highest BCUT2D eigenvalue weighted by Gasteiger charge is 2.16. The standard InChI is InChI=1S/C32H45N5O2/c1-2-30(24-37(25-38)31-18-13-27(14-19-31)23-36-20-8-5-9-21-36)35-32(39)22-29(34)17-16-28(33)15-12-26-10-6-3-4-7-11-26/h3-4,6,10-11,13-14,16-19,25,30H,2,5,7-9,12,15,20-24,33-34H2,1H3,(H,35,39)/b28-16-,29-17-. The third kappa shape index (κ3) is 11.0. The smallest absolute Gasteiger partial charge is 0.226 e. The molecule has 2 amide bonds. The van der Waals surface area contributed by atoms with Crippen molar-refractivity contribution in [3.8, 4) is 0 Å². The van der Waals surface area contributed by atoms with E-state index in [0.29, 0.717) is 18.7 Å². The van der Waals surface area contributed by atoms with Crippen LogP contribution in [0, 0.1) is 0 Å². The maximum absolute atomic E-state index is 12.7. The summed E-state index contributed by atoms with van der Waals surface area (Å²) < 4.78 is 0. The molecule has 3 rings (SSSR count). The van der Waals surface area contributed by atoms with Crippen molar-refractivity contribution >= 4 is 18.0 Å². The van der Waals surface area contributed by atoms with E-state index in [1.165, 1.54) is 30.4 Å². The van der Waals surface area contributed by atoms with E-state index in [9.17, 15) is 9.59 Å². The fourth-order valence-corrected chi connectivity index (χ4v) is 4.81. The molecule has 1 aliphatic carbocycles. The van der Waals surface area contributed by atoms with E-state index in [4.69, 9.17) is 11.5 Å². The maximum atomic E-state index is 12.7. The number of rotatable bonds is 14. The lowest BCUT2D eigenvalue weighted by Gasteiger charge is -2.27. The third-order valence-corrected chi connectivity index (χ3v) is 7.18. The average Bonchev–Trinajstić information content (AvgIpc) is 3.23. The van der Waals surface area contributed by atoms with Gasteiger partial charge in [0.15, 0.2) is 0 Å². The van der Waals surface area contributed by atoms with Crippen molar-refractivity contribution in [2.45, 2.75) is 70.9 Å². The van der Waals surface area contributed by atoms with Crippen LogP contribution >= 0.6 is 0 Å². The Morgan fingerprint density at radius 1 is 1.08 bits per heavy atom. The highest BCUT2D eigenvalue weighted by Crippen LogP contribution is 2.18. The largest absolute Gasteiger partial charge is 0.402 e. The molecule has 0 bridgehead atoms. The first-order chi connectivity index (χ1) is 19.0. The zero-order valence-electron chi connectivity index (χ0n) is 23.4. The van der Waals surface area contributed by atoms with E-state index in [1.54, 1.807) is 17.1 Å². The summed E-state index contributed by atoms with van der Waals surface area (Å²) in [6.45, 7) is 5.63. The number of carbonyl (C=O) groups is 2. The molecule has 7 nitrogen and oxygen atoms in total. The first-order valence-corrected chi connectivity index (χ1v) is 14.2. The monoisotopic (exact) mass is 531 g/mol. The van der Waals surface area contributed by atoms with Crippen molar-refractivity contribution in [2.75, 3.05) is 24.5 Å². The number of nitrogens with two attached hydrogens (primary N) is 2. The van der Waals surface area contributed by atoms with Gasteiger partial charge in [0.2, 0.25) is 12.3 Å². The molecule has 0 radical (unpaired) electrons. The summed E-state index contributed by atoms with van der Waals surface area (Å²) >= 11 is 0. The molecule has 0 spiro atoms. The fraction of sp³-hybridized carbons (Fsp3) is 0.438. The summed E-state index contributed by atoms with van der Waals surface area (Å²) in [5.74, 6) is -0.174. The molecular formula is C32H45N5O2. The summed E-state index contributed by atoms with van der Waals surface area (Å²) in [6.07, 6.45) is 22.0. The quantitative estimate of drug-likeness (QED) is 0.236. The lowest BCUT2D eigenvalue weighted by Crippen LogP contribution is -2.43. The summed E-state index contributed by atoms with van der Waals surface area (Å²) in [5.41, 5.74) is 16.7. The van der Waals surface area contributed by atoms with Crippen molar-refractivity contribution in [3.63, 3.8) is 0 Å². The molecule has 210 valence electrons. The summed E-state index contributed by atoms with van der Waals surface area (Å²) in [7, 11) is 0. The Hall–Kier alpha value is -3.58. The van der Waals surface area contributed by atoms with Crippen LogP contribution in [0.25, 0.3) is 0 Å². The van der Waals surface area contributed by atoms with Crippen molar-refractivity contribution in [2.24, 2.45) is 11.5 Å². The number of nitrogens with zero attached hydrogens (tertiary/aromatic N) is 2. The highest BCUT2D eigenvalue weighted by atomic mass is 16.2. The number of carbonyl (C=O) groups excluding carboxylic acids is 2. The van der Waals surface area contributed by atoms with Gasteiger partial charge in [-0.2, -0.15) is 0 Å². The van der Waals surface area contributed by atoms with Gasteiger partial charge in [-0.3, -0.25) is 14.5 Å². The Kier molecular flexibility index (Phi) is 12.6. The van der Waals surface area contributed by atoms with Crippen LogP contribution in [-0.4, -0.2) is 42.9 Å². The molecule has 1 unspecified atom stereocenters. The molecule has 39 heavy (non-hydrogen) atoms. The molecule has 1 saturated heterocycles. The molecule has 1 aromatic carbocycles. The lowest BCUT2D eigenvalue weighted by atomic mass is 10.1. The molecule has 1 atom stereocenters. The van der Waals surface area contributed by atoms with Gasteiger partial charge in [-0.05, 0) is 81.5 Å². The Bertz CT molecular complexity index is 1080. The Morgan fingerprint density at radius 3 is 2.54 bits per heavy atom. The molecule has 2 aliphatic rings. The minimum atomic E-state index is -0.181. The van der Waals surface area contributed by atoms with E-state index in [2.05, 4.69) is 40.6 Å². The van der Waals surface area contributed by atoms with Crippen molar-refractivity contribution < 1.29 is 9.59 Å². The SMILES string of the molecule is CCC(CN(C=O)c1ccc(CN2CCCCC2)cc1)NC(=O)C/C(N)=C/C=C(\N)CCC1=CCC=CC=C1. The Labute approximate surface area is 234 Å². The predicted molar refractivity (Wildman–Crippen MR) is 161 cm³/mol. The lowest BCUT2D eigenvalue weighted by molar-refractivity contribution is -0.121. The van der Waals surface area contributed by atoms with Gasteiger partial charge in [0.1, 0.15) is 0 Å². The van der Waals surface area contributed by atoms with Crippen molar-refractivity contribution in [1.82, 2.24) is 10.2 Å². The molecular weight excluding hydrogens is 486 g/mol. The Balaban J connectivity index is 1.46. The second-order valence-corrected chi connectivity index (χ2v) is 10.4. The number of hydrogen-bond acceptors (Lipinski definition) is 5. The average molecular weight is 532 g/mol. The number of allylic oxidation sites excluding steroid dienone is 9. The normalized spacial score (nSPS) is 17.3. The Morgan fingerprint density at radius 2 is 1.82 bits per heavy atom. The van der Waals surface area contributed by atoms with Gasteiger partial charge in [-0.1, -0.05) is 61.4 Å². The van der Waals surface area contributed by atoms with Crippen LogP contribution in [0.5, 0.6) is 0 Å². The van der Waals surface area contributed by atoms with E-state index < -0.39 is 0 Å². The molecule has 0 aromatic heterocycles. The predicted octanol–water partition coefficient (Wildman–Crippen LogP) is 4.83. The minimum Gasteiger partial charge on any atom is -0.402 e. The molecule has 1 aliphatic heterocycles. The molecule has 1 fully saturated rings. The third-order valence-electron chi connectivity index (χ3n) is 7.18. The summed E-state index contributed by atoms with van der Waals surface area (Å²) in [5, 5.41) is 3.02. The second-order valence-electron chi connectivity index (χ2n) is 10.4. The molecule has 1 aromatic rings. The van der Waals surface area contributed by atoms with Crippen LogP contribution in [0.1, 0.15) is 63.9 Å². The van der Waals surface area contributed by atoms with Crippen LogP contribution in [-0.2, 0) is 16.1 Å². The first-order valence-electron chi connectivity index (χ1n) is 14.2. The van der Waals surface area contributed by atoms with E-state index in [-0.39, 0.29) is 18.4 Å². The van der Waals surface area contributed by atoms with E-state index in [1.807, 2.05) is 31.2 Å². The van der Waals surface area contributed by atoms with Gasteiger partial charge >= 0.3 is 0 Å². The number of hydrogen-bond donors (Lipinski definition) is 3. The molecule has 7 heteroatoms. The topological polar surface area (TPSA) is 105 Å². The van der Waals surface area contributed by atoms with Crippen LogP contribution in [0.2, 0.25) is 0 Å². The molecule has 0 saturated carbocycles. The van der Waals surface area contributed by atoms with E-state index in [0.717, 1.165) is 56.7 Å². The highest BCUT2D eigenvalue weighted by molar-refractivity contribution is 5.79. The zero-order chi connectivity index (χ0) is 27.9. The maximum Gasteiger partial charge on any atom is 0.226 e. The van der Waals surface area contributed by atoms with Gasteiger partial charge in [-0.25, -0.2) is 0 Å². The summed E-state index contributed by atoms with van der Waals surface area (Å²) in [4.78, 5) is 28.7. The van der Waals surface area contributed by atoms with Crippen LogP contribution in [0.3, 0.4) is 0 Å². The number of nitrogens with one attached hydrogen (secondary N) is 1. The van der Waals surface area contributed by atoms with Crippen molar-refractivity contribution in [1.29, 1.82) is 0 Å². The van der Waals surface area contributed by atoms with Crippen LogP contribution in [0.15, 0.2) is 83.8 Å². The molecule has 1 heterocycles. The van der Waals surface area contributed by atoms with E-state index >= 15 is 0 Å². The first kappa shape index (κ1) is 30.0.